The highest BCUT2D eigenvalue weighted by atomic mass is 32.1. The van der Waals surface area contributed by atoms with E-state index in [0.29, 0.717) is 5.56 Å². The van der Waals surface area contributed by atoms with Crippen LogP contribution in [0.25, 0.3) is 20.9 Å². The van der Waals surface area contributed by atoms with Crippen molar-refractivity contribution in [2.24, 2.45) is 0 Å². The Kier molecular flexibility index (Phi) is 3.15. The number of nitro benzene ring substituents is 1. The zero-order chi connectivity index (χ0) is 13.2. The summed E-state index contributed by atoms with van der Waals surface area (Å²) in [5.74, 6) is 0. The molecule has 5 heteroatoms. The lowest BCUT2D eigenvalue weighted by molar-refractivity contribution is -0.384. The van der Waals surface area contributed by atoms with E-state index in [-0.39, 0.29) is 10.6 Å². The molecular formula is C14H9NO2S2. The Morgan fingerprint density at radius 2 is 1.58 bits per heavy atom. The van der Waals surface area contributed by atoms with Crippen LogP contribution in [0.2, 0.25) is 0 Å². The molecular weight excluding hydrogens is 278 g/mol. The number of rotatable bonds is 3. The molecule has 3 nitrogen and oxygen atoms in total. The van der Waals surface area contributed by atoms with Crippen LogP contribution < -0.4 is 0 Å². The maximum atomic E-state index is 11.3. The lowest BCUT2D eigenvalue weighted by atomic mass is 10.0. The average molecular weight is 287 g/mol. The summed E-state index contributed by atoms with van der Waals surface area (Å²) in [6.45, 7) is 0. The van der Waals surface area contributed by atoms with Crippen molar-refractivity contribution in [3.05, 3.63) is 63.3 Å². The van der Waals surface area contributed by atoms with Crippen molar-refractivity contribution in [2.45, 2.75) is 0 Å². The number of hydrogen-bond acceptors (Lipinski definition) is 4. The standard InChI is InChI=1S/C14H9NO2S2/c16-15(17)11-5-1-4-10(12-6-2-8-18-12)14(11)13-7-3-9-19-13/h1-9H. The number of thiophene rings is 2. The van der Waals surface area contributed by atoms with Gasteiger partial charge in [0.15, 0.2) is 0 Å². The zero-order valence-electron chi connectivity index (χ0n) is 9.78. The minimum Gasteiger partial charge on any atom is -0.258 e. The third-order valence-corrected chi connectivity index (χ3v) is 4.58. The van der Waals surface area contributed by atoms with Crippen molar-refractivity contribution in [1.82, 2.24) is 0 Å². The molecule has 0 saturated heterocycles. The Balaban J connectivity index is 2.31. The van der Waals surface area contributed by atoms with E-state index in [0.717, 1.165) is 15.3 Å². The zero-order valence-corrected chi connectivity index (χ0v) is 11.4. The summed E-state index contributed by atoms with van der Waals surface area (Å²) in [6, 6.07) is 13.0. The second-order valence-electron chi connectivity index (χ2n) is 3.91. The Labute approximate surface area is 117 Å². The molecule has 0 amide bonds. The van der Waals surface area contributed by atoms with Crippen molar-refractivity contribution < 1.29 is 4.92 Å². The molecule has 0 bridgehead atoms. The summed E-state index contributed by atoms with van der Waals surface area (Å²) in [7, 11) is 0. The van der Waals surface area contributed by atoms with Crippen LogP contribution in [0.4, 0.5) is 5.69 Å². The molecule has 0 fully saturated rings. The van der Waals surface area contributed by atoms with Gasteiger partial charge in [0.1, 0.15) is 0 Å². The molecule has 1 aromatic carbocycles. The Morgan fingerprint density at radius 1 is 0.895 bits per heavy atom. The van der Waals surface area contributed by atoms with E-state index in [1.807, 2.05) is 41.1 Å². The topological polar surface area (TPSA) is 43.1 Å². The maximum absolute atomic E-state index is 11.3. The quantitative estimate of drug-likeness (QED) is 0.499. The highest BCUT2D eigenvalue weighted by Crippen LogP contribution is 2.42. The van der Waals surface area contributed by atoms with Gasteiger partial charge >= 0.3 is 0 Å². The van der Waals surface area contributed by atoms with Crippen LogP contribution in [0.5, 0.6) is 0 Å². The third kappa shape index (κ3) is 2.18. The largest absolute Gasteiger partial charge is 0.278 e. The van der Waals surface area contributed by atoms with Gasteiger partial charge in [-0.2, -0.15) is 0 Å². The predicted molar refractivity (Wildman–Crippen MR) is 79.7 cm³/mol. The molecule has 0 saturated carbocycles. The van der Waals surface area contributed by atoms with E-state index in [1.54, 1.807) is 23.5 Å². The van der Waals surface area contributed by atoms with Gasteiger partial charge in [0.2, 0.25) is 0 Å². The maximum Gasteiger partial charge on any atom is 0.278 e. The number of nitrogens with zero attached hydrogens (tertiary/aromatic N) is 1. The Hall–Kier alpha value is -1.98. The van der Waals surface area contributed by atoms with Crippen LogP contribution in [0.15, 0.2) is 53.2 Å². The van der Waals surface area contributed by atoms with E-state index < -0.39 is 0 Å². The van der Waals surface area contributed by atoms with Gasteiger partial charge < -0.3 is 0 Å². The summed E-state index contributed by atoms with van der Waals surface area (Å²) in [4.78, 5) is 12.9. The van der Waals surface area contributed by atoms with E-state index in [2.05, 4.69) is 0 Å². The molecule has 0 spiro atoms. The molecule has 2 aromatic heterocycles. The molecule has 0 atom stereocenters. The molecule has 0 unspecified atom stereocenters. The van der Waals surface area contributed by atoms with Crippen molar-refractivity contribution in [1.29, 1.82) is 0 Å². The minimum absolute atomic E-state index is 0.161. The lowest BCUT2D eigenvalue weighted by Crippen LogP contribution is -1.92. The normalized spacial score (nSPS) is 10.5. The SMILES string of the molecule is O=[N+]([O-])c1cccc(-c2cccs2)c1-c1cccs1. The van der Waals surface area contributed by atoms with E-state index in [9.17, 15) is 10.1 Å². The molecule has 0 radical (unpaired) electrons. The first-order chi connectivity index (χ1) is 9.27. The fourth-order valence-corrected chi connectivity index (χ4v) is 3.56. The summed E-state index contributed by atoms with van der Waals surface area (Å²) >= 11 is 3.11. The number of nitro groups is 1. The van der Waals surface area contributed by atoms with Gasteiger partial charge in [0.05, 0.1) is 10.5 Å². The van der Waals surface area contributed by atoms with Gasteiger partial charge in [-0.1, -0.05) is 24.3 Å². The fraction of sp³-hybridized carbons (Fsp3) is 0. The van der Waals surface area contributed by atoms with Crippen molar-refractivity contribution >= 4 is 28.4 Å². The summed E-state index contributed by atoms with van der Waals surface area (Å²) in [5.41, 5.74) is 1.80. The monoisotopic (exact) mass is 287 g/mol. The van der Waals surface area contributed by atoms with Gasteiger partial charge in [-0.05, 0) is 22.9 Å². The van der Waals surface area contributed by atoms with Crippen LogP contribution in [-0.4, -0.2) is 4.92 Å². The van der Waals surface area contributed by atoms with Crippen molar-refractivity contribution in [2.75, 3.05) is 0 Å². The Bertz CT molecular complexity index is 703. The average Bonchev–Trinajstić information content (AvgIpc) is 3.11. The van der Waals surface area contributed by atoms with Crippen LogP contribution >= 0.6 is 22.7 Å². The summed E-state index contributed by atoms with van der Waals surface area (Å²) in [6.07, 6.45) is 0. The van der Waals surface area contributed by atoms with E-state index >= 15 is 0 Å². The first-order valence-electron chi connectivity index (χ1n) is 5.62. The predicted octanol–water partition coefficient (Wildman–Crippen LogP) is 5.05. The lowest BCUT2D eigenvalue weighted by Gasteiger charge is -2.07. The van der Waals surface area contributed by atoms with Gasteiger partial charge in [-0.3, -0.25) is 10.1 Å². The van der Waals surface area contributed by atoms with Crippen LogP contribution in [0.3, 0.4) is 0 Å². The van der Waals surface area contributed by atoms with Crippen molar-refractivity contribution in [3.63, 3.8) is 0 Å². The molecule has 0 N–H and O–H groups in total. The second kappa shape index (κ2) is 4.95. The van der Waals surface area contributed by atoms with E-state index in [4.69, 9.17) is 0 Å². The summed E-state index contributed by atoms with van der Waals surface area (Å²) in [5, 5.41) is 15.2. The van der Waals surface area contributed by atoms with Gasteiger partial charge in [-0.25, -0.2) is 0 Å². The second-order valence-corrected chi connectivity index (χ2v) is 5.81. The van der Waals surface area contributed by atoms with Crippen LogP contribution in [-0.2, 0) is 0 Å². The third-order valence-electron chi connectivity index (χ3n) is 2.79. The first-order valence-corrected chi connectivity index (χ1v) is 7.38. The Morgan fingerprint density at radius 3 is 2.16 bits per heavy atom. The molecule has 0 aliphatic rings. The van der Waals surface area contributed by atoms with Gasteiger partial charge in [0.25, 0.3) is 5.69 Å². The number of hydrogen-bond donors (Lipinski definition) is 0. The molecule has 0 aliphatic carbocycles. The smallest absolute Gasteiger partial charge is 0.258 e. The minimum atomic E-state index is -0.313. The molecule has 3 aromatic rings. The highest BCUT2D eigenvalue weighted by Gasteiger charge is 2.20. The summed E-state index contributed by atoms with van der Waals surface area (Å²) < 4.78 is 0. The first kappa shape index (κ1) is 12.1. The van der Waals surface area contributed by atoms with Crippen LogP contribution in [0.1, 0.15) is 0 Å². The molecule has 0 aliphatic heterocycles. The van der Waals surface area contributed by atoms with Crippen molar-refractivity contribution in [3.8, 4) is 20.9 Å². The molecule has 94 valence electrons. The van der Waals surface area contributed by atoms with Gasteiger partial charge in [-0.15, -0.1) is 22.7 Å². The number of benzene rings is 1. The fourth-order valence-electron chi connectivity index (χ4n) is 2.01. The molecule has 19 heavy (non-hydrogen) atoms. The highest BCUT2D eigenvalue weighted by molar-refractivity contribution is 7.14. The molecule has 2 heterocycles. The molecule has 3 rings (SSSR count). The van der Waals surface area contributed by atoms with Gasteiger partial charge in [0, 0.05) is 21.4 Å². The van der Waals surface area contributed by atoms with E-state index in [1.165, 1.54) is 11.3 Å². The van der Waals surface area contributed by atoms with Crippen LogP contribution in [0, 0.1) is 10.1 Å².